The molecule has 0 amide bonds. The summed E-state index contributed by atoms with van der Waals surface area (Å²) in [7, 11) is 5.71. The Morgan fingerprint density at radius 3 is 2.47 bits per heavy atom. The predicted octanol–water partition coefficient (Wildman–Crippen LogP) is 5.22. The zero-order valence-corrected chi connectivity index (χ0v) is 21.5. The van der Waals surface area contributed by atoms with Gasteiger partial charge in [-0.1, -0.05) is 30.3 Å². The van der Waals surface area contributed by atoms with Crippen LogP contribution in [0.2, 0.25) is 0 Å². The van der Waals surface area contributed by atoms with Crippen molar-refractivity contribution in [3.63, 3.8) is 0 Å². The van der Waals surface area contributed by atoms with E-state index in [0.29, 0.717) is 6.42 Å². The van der Waals surface area contributed by atoms with E-state index in [0.717, 1.165) is 42.1 Å². The van der Waals surface area contributed by atoms with Crippen LogP contribution in [0.15, 0.2) is 54.7 Å². The monoisotopic (exact) mass is 509 g/mol. The molecule has 0 saturated heterocycles. The van der Waals surface area contributed by atoms with E-state index >= 15 is 0 Å². The van der Waals surface area contributed by atoms with E-state index in [-0.39, 0.29) is 48.2 Å². The number of nitrogens with one attached hydrogen (secondary N) is 2. The minimum atomic E-state index is -0.476. The third-order valence-electron chi connectivity index (χ3n) is 7.06. The van der Waals surface area contributed by atoms with Crippen molar-refractivity contribution >= 4 is 41.7 Å². The molecule has 0 bridgehead atoms. The summed E-state index contributed by atoms with van der Waals surface area (Å²) in [6.45, 7) is 0. The number of nitrogens with zero attached hydrogens (tertiary/aromatic N) is 1. The van der Waals surface area contributed by atoms with Crippen LogP contribution in [0.3, 0.4) is 0 Å². The van der Waals surface area contributed by atoms with E-state index < -0.39 is 6.04 Å². The molecule has 2 N–H and O–H groups in total. The molecule has 2 aromatic carbocycles. The molecule has 1 aliphatic carbocycles. The molecule has 5 nitrogen and oxygen atoms in total. The lowest BCUT2D eigenvalue weighted by molar-refractivity contribution is -0.143. The van der Waals surface area contributed by atoms with E-state index in [4.69, 9.17) is 4.74 Å². The van der Waals surface area contributed by atoms with E-state index in [1.165, 1.54) is 24.8 Å². The maximum atomic E-state index is 13.8. The van der Waals surface area contributed by atoms with Gasteiger partial charge in [0, 0.05) is 35.1 Å². The van der Waals surface area contributed by atoms with Gasteiger partial charge in [0.05, 0.1) is 7.11 Å². The highest BCUT2D eigenvalue weighted by atomic mass is 35.5. The number of aromatic amines is 1. The van der Waals surface area contributed by atoms with Gasteiger partial charge in [-0.05, 0) is 69.1 Å². The quantitative estimate of drug-likeness (QED) is 0.428. The van der Waals surface area contributed by atoms with Crippen LogP contribution in [0.1, 0.15) is 36.8 Å². The van der Waals surface area contributed by atoms with Crippen LogP contribution in [-0.4, -0.2) is 49.1 Å². The van der Waals surface area contributed by atoms with Crippen LogP contribution in [0.25, 0.3) is 10.9 Å². The maximum absolute atomic E-state index is 13.8. The number of hydrogen-bond donors (Lipinski definition) is 2. The van der Waals surface area contributed by atoms with Crippen LogP contribution in [0.5, 0.6) is 0 Å². The largest absolute Gasteiger partial charge is 0.468 e. The van der Waals surface area contributed by atoms with E-state index in [9.17, 15) is 9.18 Å². The summed E-state index contributed by atoms with van der Waals surface area (Å²) < 4.78 is 18.9. The predicted molar refractivity (Wildman–Crippen MR) is 139 cm³/mol. The highest BCUT2D eigenvalue weighted by molar-refractivity contribution is 5.86. The normalized spacial score (nSPS) is 20.9. The second kappa shape index (κ2) is 12.0. The number of ether oxygens (including phenoxy) is 1. The zero-order chi connectivity index (χ0) is 22.7. The van der Waals surface area contributed by atoms with Gasteiger partial charge in [0.15, 0.2) is 0 Å². The van der Waals surface area contributed by atoms with Crippen molar-refractivity contribution in [1.82, 2.24) is 15.2 Å². The molecule has 4 rings (SSSR count). The number of H-pyrrole nitrogens is 1. The minimum Gasteiger partial charge on any atom is -0.468 e. The van der Waals surface area contributed by atoms with Crippen molar-refractivity contribution < 1.29 is 13.9 Å². The number of hydrogen-bond acceptors (Lipinski definition) is 4. The molecule has 8 heteroatoms. The molecule has 34 heavy (non-hydrogen) atoms. The lowest BCUT2D eigenvalue weighted by Crippen LogP contribution is -2.51. The molecule has 0 spiro atoms. The van der Waals surface area contributed by atoms with Crippen LogP contribution in [0, 0.1) is 5.82 Å². The Hall–Kier alpha value is -2.12. The first-order chi connectivity index (χ1) is 15.4. The number of aromatic nitrogens is 1. The number of carbonyl (C=O) groups is 1. The third kappa shape index (κ3) is 5.74. The number of fused-ring (bicyclic) bond motifs is 1. The van der Waals surface area contributed by atoms with Crippen molar-refractivity contribution in [1.29, 1.82) is 0 Å². The number of halogens is 3. The smallest absolute Gasteiger partial charge is 0.323 e. The molecule has 0 radical (unpaired) electrons. The molecule has 1 aromatic heterocycles. The molecule has 1 heterocycles. The molecule has 1 unspecified atom stereocenters. The molecule has 0 aliphatic heterocycles. The van der Waals surface area contributed by atoms with Crippen molar-refractivity contribution in [2.75, 3.05) is 21.2 Å². The fourth-order valence-electron chi connectivity index (χ4n) is 5.18. The van der Waals surface area contributed by atoms with Gasteiger partial charge >= 0.3 is 5.97 Å². The van der Waals surface area contributed by atoms with Gasteiger partial charge in [-0.3, -0.25) is 9.69 Å². The average Bonchev–Trinajstić information content (AvgIpc) is 3.20. The Bertz CT molecular complexity index is 1070. The standard InChI is InChI=1S/C26H32FN3O2.2ClH/c1-30(2)26(19-7-5-4-6-8-19)13-11-21(12-14-26)29-24(25(31)32-3)15-18-17-28-23-10-9-20(27)16-22(18)23;;/h4-10,16-17,21,24,28-29H,11-15H2,1-3H3;2*1H. The van der Waals surface area contributed by atoms with Crippen LogP contribution < -0.4 is 5.32 Å². The van der Waals surface area contributed by atoms with Crippen LogP contribution in [-0.2, 0) is 21.5 Å². The molecule has 1 saturated carbocycles. The van der Waals surface area contributed by atoms with Crippen molar-refractivity contribution in [2.45, 2.75) is 49.7 Å². The third-order valence-corrected chi connectivity index (χ3v) is 7.06. The van der Waals surface area contributed by atoms with Crippen molar-refractivity contribution in [3.8, 4) is 0 Å². The van der Waals surface area contributed by atoms with Gasteiger partial charge in [-0.25, -0.2) is 4.39 Å². The Balaban J connectivity index is 0.00000204. The van der Waals surface area contributed by atoms with E-state index in [1.54, 1.807) is 6.07 Å². The topological polar surface area (TPSA) is 57.4 Å². The Morgan fingerprint density at radius 1 is 1.18 bits per heavy atom. The second-order valence-electron chi connectivity index (χ2n) is 9.02. The highest BCUT2D eigenvalue weighted by Crippen LogP contribution is 2.41. The fourth-order valence-corrected chi connectivity index (χ4v) is 5.18. The summed E-state index contributed by atoms with van der Waals surface area (Å²) in [5.41, 5.74) is 3.12. The number of methoxy groups -OCH3 is 1. The Labute approximate surface area is 213 Å². The minimum absolute atomic E-state index is 0. The SMILES string of the molecule is COC(=O)C(Cc1c[nH]c2ccc(F)cc12)NC1CCC(c2ccccc2)(N(C)C)CC1.Cl.Cl. The molecule has 1 fully saturated rings. The molecule has 3 aromatic rings. The summed E-state index contributed by atoms with van der Waals surface area (Å²) in [5.74, 6) is -0.572. The van der Waals surface area contributed by atoms with Gasteiger partial charge in [-0.2, -0.15) is 0 Å². The van der Waals surface area contributed by atoms with Gasteiger partial charge in [0.25, 0.3) is 0 Å². The van der Waals surface area contributed by atoms with Gasteiger partial charge in [-0.15, -0.1) is 24.8 Å². The fraction of sp³-hybridized carbons (Fsp3) is 0.423. The summed E-state index contributed by atoms with van der Waals surface area (Å²) >= 11 is 0. The lowest BCUT2D eigenvalue weighted by Gasteiger charge is -2.46. The van der Waals surface area contributed by atoms with Crippen LogP contribution >= 0.6 is 24.8 Å². The first-order valence-corrected chi connectivity index (χ1v) is 11.3. The summed E-state index contributed by atoms with van der Waals surface area (Å²) in [5, 5.41) is 4.36. The van der Waals surface area contributed by atoms with Crippen molar-refractivity contribution in [3.05, 3.63) is 71.7 Å². The highest BCUT2D eigenvalue weighted by Gasteiger charge is 2.39. The lowest BCUT2D eigenvalue weighted by atomic mass is 9.74. The van der Waals surface area contributed by atoms with Crippen molar-refractivity contribution in [2.24, 2.45) is 0 Å². The van der Waals surface area contributed by atoms with E-state index in [2.05, 4.69) is 59.6 Å². The number of carbonyl (C=O) groups excluding carboxylic acids is 1. The van der Waals surface area contributed by atoms with Crippen LogP contribution in [0.4, 0.5) is 4.39 Å². The summed E-state index contributed by atoms with van der Waals surface area (Å²) in [4.78, 5) is 18.1. The zero-order valence-electron chi connectivity index (χ0n) is 19.8. The van der Waals surface area contributed by atoms with Gasteiger partial charge < -0.3 is 15.0 Å². The molecule has 186 valence electrons. The number of esters is 1. The second-order valence-corrected chi connectivity index (χ2v) is 9.02. The number of benzene rings is 2. The molecule has 1 aliphatic rings. The Morgan fingerprint density at radius 2 is 1.85 bits per heavy atom. The average molecular weight is 510 g/mol. The molecular formula is C26H34Cl2FN3O2. The maximum Gasteiger partial charge on any atom is 0.323 e. The van der Waals surface area contributed by atoms with Gasteiger partial charge in [0.2, 0.25) is 0 Å². The van der Waals surface area contributed by atoms with Gasteiger partial charge in [0.1, 0.15) is 11.9 Å². The number of rotatable bonds is 7. The van der Waals surface area contributed by atoms with E-state index in [1.807, 2.05) is 6.20 Å². The molecule has 1 atom stereocenters. The Kier molecular flexibility index (Phi) is 9.95. The summed E-state index contributed by atoms with van der Waals surface area (Å²) in [6, 6.07) is 15.1. The summed E-state index contributed by atoms with van der Waals surface area (Å²) in [6.07, 6.45) is 6.24. The first-order valence-electron chi connectivity index (χ1n) is 11.3. The molecular weight excluding hydrogens is 476 g/mol. The first kappa shape index (κ1) is 28.1.